The van der Waals surface area contributed by atoms with E-state index in [1.54, 1.807) is 0 Å². The summed E-state index contributed by atoms with van der Waals surface area (Å²) in [4.78, 5) is 6.44. The number of nitrogens with two attached hydrogens (primary N) is 1. The Morgan fingerprint density at radius 2 is 1.92 bits per heavy atom. The van der Waals surface area contributed by atoms with Crippen molar-refractivity contribution < 1.29 is 5.11 Å². The Labute approximate surface area is 75.1 Å². The van der Waals surface area contributed by atoms with Gasteiger partial charge in [0.15, 0.2) is 0 Å². The summed E-state index contributed by atoms with van der Waals surface area (Å²) in [7, 11) is 0. The molecule has 0 radical (unpaired) electrons. The van der Waals surface area contributed by atoms with Crippen LogP contribution in [0.15, 0.2) is 30.3 Å². The van der Waals surface area contributed by atoms with Gasteiger partial charge < -0.3 is 15.8 Å². The molecule has 0 unspecified atom stereocenters. The number of aromatic amines is 1. The predicted molar refractivity (Wildman–Crippen MR) is 50.1 cm³/mol. The number of anilines is 1. The van der Waals surface area contributed by atoms with Gasteiger partial charge in [-0.1, -0.05) is 30.3 Å². The van der Waals surface area contributed by atoms with Gasteiger partial charge in [0.05, 0.1) is 0 Å². The van der Waals surface area contributed by atoms with Crippen LogP contribution in [0, 0.1) is 0 Å². The highest BCUT2D eigenvalue weighted by atomic mass is 16.3. The second-order valence-corrected chi connectivity index (χ2v) is 2.69. The van der Waals surface area contributed by atoms with Crippen LogP contribution in [-0.2, 0) is 0 Å². The van der Waals surface area contributed by atoms with E-state index in [4.69, 9.17) is 5.73 Å². The van der Waals surface area contributed by atoms with Crippen molar-refractivity contribution in [3.05, 3.63) is 30.3 Å². The van der Waals surface area contributed by atoms with Crippen LogP contribution >= 0.6 is 0 Å². The van der Waals surface area contributed by atoms with E-state index in [2.05, 4.69) is 9.97 Å². The average Bonchev–Trinajstić information content (AvgIpc) is 2.47. The minimum Gasteiger partial charge on any atom is -0.492 e. The van der Waals surface area contributed by atoms with Gasteiger partial charge in [-0.2, -0.15) is 4.98 Å². The Morgan fingerprint density at radius 1 is 1.23 bits per heavy atom. The summed E-state index contributed by atoms with van der Waals surface area (Å²) in [6, 6.07) is 9.40. The smallest absolute Gasteiger partial charge is 0.239 e. The predicted octanol–water partition coefficient (Wildman–Crippen LogP) is 1.36. The van der Waals surface area contributed by atoms with E-state index >= 15 is 0 Å². The summed E-state index contributed by atoms with van der Waals surface area (Å²) in [5, 5.41) is 9.36. The van der Waals surface area contributed by atoms with Crippen LogP contribution in [0.2, 0.25) is 0 Å². The third-order valence-electron chi connectivity index (χ3n) is 1.77. The Balaban J connectivity index is 2.53. The number of hydrogen-bond acceptors (Lipinski definition) is 3. The molecule has 0 aliphatic rings. The number of rotatable bonds is 1. The van der Waals surface area contributed by atoms with E-state index in [1.165, 1.54) is 0 Å². The van der Waals surface area contributed by atoms with Gasteiger partial charge in [0, 0.05) is 5.56 Å². The molecule has 4 nitrogen and oxygen atoms in total. The van der Waals surface area contributed by atoms with Gasteiger partial charge in [-0.25, -0.2) is 0 Å². The highest BCUT2D eigenvalue weighted by Gasteiger charge is 2.07. The number of aromatic nitrogens is 2. The lowest BCUT2D eigenvalue weighted by Gasteiger charge is -1.95. The van der Waals surface area contributed by atoms with Crippen molar-refractivity contribution in [2.45, 2.75) is 0 Å². The maximum atomic E-state index is 9.36. The molecule has 2 aromatic rings. The lowest BCUT2D eigenvalue weighted by atomic mass is 10.2. The fourth-order valence-electron chi connectivity index (χ4n) is 1.19. The molecule has 2 rings (SSSR count). The van der Waals surface area contributed by atoms with Gasteiger partial charge in [0.1, 0.15) is 5.69 Å². The largest absolute Gasteiger partial charge is 0.492 e. The number of H-pyrrole nitrogens is 1. The highest BCUT2D eigenvalue weighted by Crippen LogP contribution is 2.26. The molecule has 1 heterocycles. The van der Waals surface area contributed by atoms with Crippen LogP contribution in [0.25, 0.3) is 11.3 Å². The number of benzene rings is 1. The van der Waals surface area contributed by atoms with Crippen molar-refractivity contribution in [1.29, 1.82) is 0 Å². The number of nitrogens with one attached hydrogen (secondary N) is 1. The highest BCUT2D eigenvalue weighted by molar-refractivity contribution is 5.65. The normalized spacial score (nSPS) is 10.2. The van der Waals surface area contributed by atoms with E-state index in [0.29, 0.717) is 5.69 Å². The standard InChI is InChI=1S/C9H9N3O/c10-9-11-7(8(13)12-9)6-4-2-1-3-5-6/h1-5,13H,(H3,10,11,12). The first-order chi connectivity index (χ1) is 6.27. The van der Waals surface area contributed by atoms with Crippen molar-refractivity contribution in [1.82, 2.24) is 9.97 Å². The molecule has 0 aliphatic heterocycles. The maximum absolute atomic E-state index is 9.36. The van der Waals surface area contributed by atoms with Crippen LogP contribution < -0.4 is 5.73 Å². The van der Waals surface area contributed by atoms with Crippen molar-refractivity contribution >= 4 is 5.95 Å². The fraction of sp³-hybridized carbons (Fsp3) is 0. The number of hydrogen-bond donors (Lipinski definition) is 3. The zero-order valence-electron chi connectivity index (χ0n) is 6.86. The summed E-state index contributed by atoms with van der Waals surface area (Å²) in [6.45, 7) is 0. The maximum Gasteiger partial charge on any atom is 0.239 e. The molecule has 0 saturated heterocycles. The van der Waals surface area contributed by atoms with Crippen LogP contribution in [0.1, 0.15) is 0 Å². The summed E-state index contributed by atoms with van der Waals surface area (Å²) in [6.07, 6.45) is 0. The summed E-state index contributed by atoms with van der Waals surface area (Å²) < 4.78 is 0. The first-order valence-electron chi connectivity index (χ1n) is 3.87. The van der Waals surface area contributed by atoms with Gasteiger partial charge >= 0.3 is 0 Å². The summed E-state index contributed by atoms with van der Waals surface area (Å²) in [5.41, 5.74) is 6.81. The first-order valence-corrected chi connectivity index (χ1v) is 3.87. The zero-order valence-corrected chi connectivity index (χ0v) is 6.86. The third kappa shape index (κ3) is 1.33. The molecule has 1 aromatic heterocycles. The molecule has 0 saturated carbocycles. The SMILES string of the molecule is Nc1nc(O)c(-c2ccccc2)[nH]1. The molecule has 0 fully saturated rings. The second-order valence-electron chi connectivity index (χ2n) is 2.69. The molecule has 0 atom stereocenters. The minimum atomic E-state index is -0.0660. The van der Waals surface area contributed by atoms with Gasteiger partial charge in [-0.05, 0) is 0 Å². The molecular weight excluding hydrogens is 166 g/mol. The molecule has 4 heteroatoms. The lowest BCUT2D eigenvalue weighted by Crippen LogP contribution is -1.85. The summed E-state index contributed by atoms with van der Waals surface area (Å²) >= 11 is 0. The summed E-state index contributed by atoms with van der Waals surface area (Å²) in [5.74, 6) is 0.153. The van der Waals surface area contributed by atoms with E-state index < -0.39 is 0 Å². The number of imidazole rings is 1. The first kappa shape index (κ1) is 7.67. The quantitative estimate of drug-likeness (QED) is 0.612. The number of nitrogen functional groups attached to an aromatic ring is 1. The molecule has 0 amide bonds. The Morgan fingerprint density at radius 3 is 2.46 bits per heavy atom. The Bertz CT molecular complexity index is 408. The fourth-order valence-corrected chi connectivity index (χ4v) is 1.19. The molecule has 4 N–H and O–H groups in total. The topological polar surface area (TPSA) is 74.9 Å². The average molecular weight is 175 g/mol. The van der Waals surface area contributed by atoms with Crippen LogP contribution in [-0.4, -0.2) is 15.1 Å². The number of aromatic hydroxyl groups is 1. The van der Waals surface area contributed by atoms with Crippen molar-refractivity contribution in [3.63, 3.8) is 0 Å². The molecule has 0 bridgehead atoms. The van der Waals surface area contributed by atoms with Crippen LogP contribution in [0.4, 0.5) is 5.95 Å². The molecule has 1 aromatic carbocycles. The third-order valence-corrected chi connectivity index (χ3v) is 1.77. The molecule has 13 heavy (non-hydrogen) atoms. The minimum absolute atomic E-state index is 0.0660. The second kappa shape index (κ2) is 2.82. The Kier molecular flexibility index (Phi) is 1.66. The zero-order chi connectivity index (χ0) is 9.26. The molecule has 0 aliphatic carbocycles. The van der Waals surface area contributed by atoms with Gasteiger partial charge in [0.25, 0.3) is 0 Å². The van der Waals surface area contributed by atoms with Crippen LogP contribution in [0.3, 0.4) is 0 Å². The monoisotopic (exact) mass is 175 g/mol. The molecule has 0 spiro atoms. The van der Waals surface area contributed by atoms with E-state index in [0.717, 1.165) is 5.56 Å². The molecular formula is C9H9N3O. The van der Waals surface area contributed by atoms with Crippen molar-refractivity contribution in [2.75, 3.05) is 5.73 Å². The molecule has 66 valence electrons. The number of nitrogens with zero attached hydrogens (tertiary/aromatic N) is 1. The van der Waals surface area contributed by atoms with Gasteiger partial charge in [-0.3, -0.25) is 0 Å². The van der Waals surface area contributed by atoms with Crippen LogP contribution in [0.5, 0.6) is 5.88 Å². The lowest BCUT2D eigenvalue weighted by molar-refractivity contribution is 0.459. The van der Waals surface area contributed by atoms with Gasteiger partial charge in [0.2, 0.25) is 11.8 Å². The van der Waals surface area contributed by atoms with Gasteiger partial charge in [-0.15, -0.1) is 0 Å². The van der Waals surface area contributed by atoms with E-state index in [1.807, 2.05) is 30.3 Å². The van der Waals surface area contributed by atoms with E-state index in [9.17, 15) is 5.11 Å². The van der Waals surface area contributed by atoms with E-state index in [-0.39, 0.29) is 11.8 Å². The van der Waals surface area contributed by atoms with Crippen molar-refractivity contribution in [2.24, 2.45) is 0 Å². The van der Waals surface area contributed by atoms with Crippen molar-refractivity contribution in [3.8, 4) is 17.1 Å². The Hall–Kier alpha value is -1.97.